The SMILES string of the molecule is Cc1cc(N)nc(C)c1CCC(=O)c1cc(C)n(Cc2ccccc2)c1C. The molecule has 3 aromatic rings. The first-order chi connectivity index (χ1) is 12.9. The average Bonchev–Trinajstić information content (AvgIpc) is 2.90. The molecule has 0 fully saturated rings. The van der Waals surface area contributed by atoms with Crippen LogP contribution in [0.1, 0.15) is 50.6 Å². The van der Waals surface area contributed by atoms with Gasteiger partial charge in [-0.1, -0.05) is 30.3 Å². The lowest BCUT2D eigenvalue weighted by Crippen LogP contribution is -2.08. The summed E-state index contributed by atoms with van der Waals surface area (Å²) in [6.07, 6.45) is 1.16. The van der Waals surface area contributed by atoms with Crippen LogP contribution in [0.25, 0.3) is 0 Å². The van der Waals surface area contributed by atoms with Gasteiger partial charge in [-0.15, -0.1) is 0 Å². The molecule has 0 aliphatic carbocycles. The maximum atomic E-state index is 12.9. The van der Waals surface area contributed by atoms with E-state index in [1.807, 2.05) is 51.1 Å². The van der Waals surface area contributed by atoms with Crippen molar-refractivity contribution < 1.29 is 4.79 Å². The number of benzene rings is 1. The molecule has 2 aromatic heterocycles. The van der Waals surface area contributed by atoms with E-state index < -0.39 is 0 Å². The fraction of sp³-hybridized carbons (Fsp3) is 0.304. The van der Waals surface area contributed by atoms with Gasteiger partial charge in [0.05, 0.1) is 0 Å². The quantitative estimate of drug-likeness (QED) is 0.655. The average molecular weight is 361 g/mol. The van der Waals surface area contributed by atoms with Crippen LogP contribution < -0.4 is 5.73 Å². The van der Waals surface area contributed by atoms with Crippen LogP contribution in [0.2, 0.25) is 0 Å². The van der Waals surface area contributed by atoms with E-state index in [1.165, 1.54) is 5.56 Å². The second-order valence-corrected chi connectivity index (χ2v) is 7.21. The third-order valence-electron chi connectivity index (χ3n) is 5.23. The lowest BCUT2D eigenvalue weighted by atomic mass is 9.99. The van der Waals surface area contributed by atoms with Crippen LogP contribution in [0.3, 0.4) is 0 Å². The molecule has 0 amide bonds. The van der Waals surface area contributed by atoms with Gasteiger partial charge in [0.1, 0.15) is 5.82 Å². The summed E-state index contributed by atoms with van der Waals surface area (Å²) < 4.78 is 2.21. The van der Waals surface area contributed by atoms with Crippen LogP contribution in [-0.4, -0.2) is 15.3 Å². The molecular weight excluding hydrogens is 334 g/mol. The van der Waals surface area contributed by atoms with Gasteiger partial charge >= 0.3 is 0 Å². The molecule has 0 bridgehead atoms. The van der Waals surface area contributed by atoms with Gasteiger partial charge in [0.2, 0.25) is 0 Å². The van der Waals surface area contributed by atoms with E-state index in [4.69, 9.17) is 5.73 Å². The molecule has 0 aliphatic heterocycles. The lowest BCUT2D eigenvalue weighted by molar-refractivity contribution is 0.0982. The number of Topliss-reactive ketones (excluding diaryl/α,β-unsaturated/α-hetero) is 1. The van der Waals surface area contributed by atoms with Crippen LogP contribution in [0.15, 0.2) is 42.5 Å². The van der Waals surface area contributed by atoms with Crippen molar-refractivity contribution in [2.24, 2.45) is 0 Å². The first kappa shape index (κ1) is 18.9. The molecule has 0 radical (unpaired) electrons. The topological polar surface area (TPSA) is 60.9 Å². The van der Waals surface area contributed by atoms with Crippen molar-refractivity contribution in [2.45, 2.75) is 47.1 Å². The summed E-state index contributed by atoms with van der Waals surface area (Å²) in [5.41, 5.74) is 13.1. The Hall–Kier alpha value is -2.88. The van der Waals surface area contributed by atoms with Crippen molar-refractivity contribution in [3.63, 3.8) is 0 Å². The molecule has 4 nitrogen and oxygen atoms in total. The monoisotopic (exact) mass is 361 g/mol. The highest BCUT2D eigenvalue weighted by Crippen LogP contribution is 2.21. The molecule has 27 heavy (non-hydrogen) atoms. The number of aromatic nitrogens is 2. The smallest absolute Gasteiger partial charge is 0.165 e. The Bertz CT molecular complexity index is 948. The van der Waals surface area contributed by atoms with Crippen molar-refractivity contribution in [1.82, 2.24) is 9.55 Å². The van der Waals surface area contributed by atoms with Crippen LogP contribution >= 0.6 is 0 Å². The highest BCUT2D eigenvalue weighted by molar-refractivity contribution is 5.97. The summed E-state index contributed by atoms with van der Waals surface area (Å²) >= 11 is 0. The van der Waals surface area contributed by atoms with Gasteiger partial charge in [0.25, 0.3) is 0 Å². The first-order valence-electron chi connectivity index (χ1n) is 9.33. The number of anilines is 1. The van der Waals surface area contributed by atoms with Gasteiger partial charge in [0.15, 0.2) is 5.78 Å². The number of carbonyl (C=O) groups is 1. The van der Waals surface area contributed by atoms with Gasteiger partial charge in [-0.25, -0.2) is 4.98 Å². The minimum atomic E-state index is 0.179. The number of rotatable bonds is 6. The number of aryl methyl sites for hydroxylation is 3. The molecule has 0 unspecified atom stereocenters. The Morgan fingerprint density at radius 2 is 1.78 bits per heavy atom. The molecule has 0 atom stereocenters. The second kappa shape index (κ2) is 7.78. The number of hydrogen-bond donors (Lipinski definition) is 1. The van der Waals surface area contributed by atoms with E-state index >= 15 is 0 Å². The molecule has 4 heteroatoms. The van der Waals surface area contributed by atoms with E-state index in [-0.39, 0.29) is 5.78 Å². The number of nitrogens with two attached hydrogens (primary N) is 1. The predicted molar refractivity (Wildman–Crippen MR) is 110 cm³/mol. The Morgan fingerprint density at radius 1 is 1.07 bits per heavy atom. The van der Waals surface area contributed by atoms with Crippen LogP contribution in [-0.2, 0) is 13.0 Å². The molecule has 0 spiro atoms. The molecule has 0 saturated heterocycles. The normalized spacial score (nSPS) is 11.0. The zero-order valence-corrected chi connectivity index (χ0v) is 16.5. The van der Waals surface area contributed by atoms with Crippen molar-refractivity contribution in [3.8, 4) is 0 Å². The lowest BCUT2D eigenvalue weighted by Gasteiger charge is -2.11. The number of nitrogen functional groups attached to an aromatic ring is 1. The summed E-state index contributed by atoms with van der Waals surface area (Å²) in [4.78, 5) is 17.2. The summed E-state index contributed by atoms with van der Waals surface area (Å²) in [6.45, 7) is 8.85. The fourth-order valence-electron chi connectivity index (χ4n) is 3.73. The predicted octanol–water partition coefficient (Wildman–Crippen LogP) is 4.56. The number of ketones is 1. The molecule has 2 N–H and O–H groups in total. The first-order valence-corrected chi connectivity index (χ1v) is 9.33. The Labute approximate surface area is 161 Å². The van der Waals surface area contributed by atoms with Gasteiger partial charge in [-0.05, 0) is 62.9 Å². The number of carbonyl (C=O) groups excluding carboxylic acids is 1. The summed E-state index contributed by atoms with van der Waals surface area (Å²) in [5.74, 6) is 0.711. The minimum absolute atomic E-state index is 0.179. The van der Waals surface area contributed by atoms with Gasteiger partial charge in [-0.2, -0.15) is 0 Å². The van der Waals surface area contributed by atoms with Crippen LogP contribution in [0, 0.1) is 27.7 Å². The highest BCUT2D eigenvalue weighted by Gasteiger charge is 2.17. The molecule has 0 aliphatic rings. The number of pyridine rings is 1. The Balaban J connectivity index is 1.77. The molecule has 2 heterocycles. The van der Waals surface area contributed by atoms with E-state index in [1.54, 1.807) is 0 Å². The standard InChI is InChI=1S/C23H27N3O/c1-15-12-23(24)25-17(3)20(15)10-11-22(27)21-13-16(2)26(18(21)4)14-19-8-6-5-7-9-19/h5-9,12-13H,10-11,14H2,1-4H3,(H2,24,25). The highest BCUT2D eigenvalue weighted by atomic mass is 16.1. The zero-order chi connectivity index (χ0) is 19.6. The summed E-state index contributed by atoms with van der Waals surface area (Å²) in [6, 6.07) is 14.2. The molecular formula is C23H27N3O. The van der Waals surface area contributed by atoms with Crippen LogP contribution in [0.5, 0.6) is 0 Å². The maximum Gasteiger partial charge on any atom is 0.165 e. The third-order valence-corrected chi connectivity index (χ3v) is 5.23. The Kier molecular flexibility index (Phi) is 5.45. The molecule has 3 rings (SSSR count). The van der Waals surface area contributed by atoms with Crippen LogP contribution in [0.4, 0.5) is 5.82 Å². The van der Waals surface area contributed by atoms with Gasteiger partial charge < -0.3 is 10.3 Å². The Morgan fingerprint density at radius 3 is 2.44 bits per heavy atom. The van der Waals surface area contributed by atoms with E-state index in [0.29, 0.717) is 18.7 Å². The maximum absolute atomic E-state index is 12.9. The van der Waals surface area contributed by atoms with E-state index in [2.05, 4.69) is 28.6 Å². The third kappa shape index (κ3) is 4.11. The summed E-state index contributed by atoms with van der Waals surface area (Å²) in [7, 11) is 0. The minimum Gasteiger partial charge on any atom is -0.384 e. The molecule has 1 aromatic carbocycles. The largest absolute Gasteiger partial charge is 0.384 e. The zero-order valence-electron chi connectivity index (χ0n) is 16.5. The fourth-order valence-corrected chi connectivity index (χ4v) is 3.73. The second-order valence-electron chi connectivity index (χ2n) is 7.21. The summed E-state index contributed by atoms with van der Waals surface area (Å²) in [5, 5.41) is 0. The number of nitrogens with zero attached hydrogens (tertiary/aromatic N) is 2. The van der Waals surface area contributed by atoms with Crippen molar-refractivity contribution in [1.29, 1.82) is 0 Å². The van der Waals surface area contributed by atoms with E-state index in [9.17, 15) is 4.79 Å². The van der Waals surface area contributed by atoms with Crippen molar-refractivity contribution >= 4 is 11.6 Å². The molecule has 140 valence electrons. The van der Waals surface area contributed by atoms with E-state index in [0.717, 1.165) is 40.3 Å². The molecule has 0 saturated carbocycles. The van der Waals surface area contributed by atoms with Gasteiger partial charge in [0, 0.05) is 35.6 Å². The van der Waals surface area contributed by atoms with Gasteiger partial charge in [-0.3, -0.25) is 4.79 Å². The van der Waals surface area contributed by atoms with Crippen molar-refractivity contribution in [2.75, 3.05) is 5.73 Å². The van der Waals surface area contributed by atoms with Crippen molar-refractivity contribution in [3.05, 3.63) is 81.8 Å². The number of hydrogen-bond acceptors (Lipinski definition) is 3.